The van der Waals surface area contributed by atoms with Gasteiger partial charge in [0, 0.05) is 12.1 Å². The van der Waals surface area contributed by atoms with Crippen LogP contribution in [0.3, 0.4) is 0 Å². The van der Waals surface area contributed by atoms with Gasteiger partial charge in [-0.3, -0.25) is 4.79 Å². The van der Waals surface area contributed by atoms with Gasteiger partial charge in [-0.25, -0.2) is 4.98 Å². The number of aromatic nitrogens is 1. The van der Waals surface area contributed by atoms with Gasteiger partial charge in [-0.1, -0.05) is 68.4 Å². The quantitative estimate of drug-likeness (QED) is 0.689. The van der Waals surface area contributed by atoms with Crippen LogP contribution in [0.1, 0.15) is 46.3 Å². The van der Waals surface area contributed by atoms with Crippen molar-refractivity contribution in [2.24, 2.45) is 0 Å². The zero-order valence-electron chi connectivity index (χ0n) is 14.7. The summed E-state index contributed by atoms with van der Waals surface area (Å²) >= 11 is 1.45. The van der Waals surface area contributed by atoms with Gasteiger partial charge < -0.3 is 5.32 Å². The van der Waals surface area contributed by atoms with Crippen molar-refractivity contribution in [1.29, 1.82) is 0 Å². The van der Waals surface area contributed by atoms with E-state index in [2.05, 4.69) is 48.4 Å². The molecule has 3 rings (SSSR count). The molecule has 128 valence electrons. The average molecular weight is 350 g/mol. The number of rotatable bonds is 5. The molecule has 3 nitrogen and oxygen atoms in total. The van der Waals surface area contributed by atoms with Crippen molar-refractivity contribution < 1.29 is 4.79 Å². The largest absolute Gasteiger partial charge is 0.347 e. The molecule has 0 saturated carbocycles. The molecule has 0 unspecified atom stereocenters. The maximum absolute atomic E-state index is 12.5. The van der Waals surface area contributed by atoms with Crippen LogP contribution in [-0.4, -0.2) is 10.9 Å². The molecule has 1 aromatic heterocycles. The van der Waals surface area contributed by atoms with E-state index < -0.39 is 0 Å². The Balaban J connectivity index is 1.74. The highest BCUT2D eigenvalue weighted by atomic mass is 32.1. The summed E-state index contributed by atoms with van der Waals surface area (Å²) in [6.07, 6.45) is 0. The molecule has 1 heterocycles. The lowest BCUT2D eigenvalue weighted by Gasteiger charge is -2.05. The van der Waals surface area contributed by atoms with Crippen LogP contribution in [0.15, 0.2) is 54.6 Å². The van der Waals surface area contributed by atoms with E-state index in [1.165, 1.54) is 16.9 Å². The molecule has 0 radical (unpaired) electrons. The second kappa shape index (κ2) is 7.62. The van der Waals surface area contributed by atoms with Crippen LogP contribution < -0.4 is 5.32 Å². The summed E-state index contributed by atoms with van der Waals surface area (Å²) in [5.41, 5.74) is 4.22. The molecule has 4 heteroatoms. The van der Waals surface area contributed by atoms with E-state index in [1.54, 1.807) is 0 Å². The van der Waals surface area contributed by atoms with Crippen molar-refractivity contribution in [3.05, 3.63) is 76.3 Å². The van der Waals surface area contributed by atoms with E-state index in [0.717, 1.165) is 21.8 Å². The van der Waals surface area contributed by atoms with Crippen LogP contribution in [0.25, 0.3) is 10.6 Å². The third-order valence-corrected chi connectivity index (χ3v) is 5.33. The first-order valence-corrected chi connectivity index (χ1v) is 9.26. The van der Waals surface area contributed by atoms with Gasteiger partial charge in [0.15, 0.2) is 0 Å². The summed E-state index contributed by atoms with van der Waals surface area (Å²) in [5, 5.41) is 3.86. The Labute approximate surface area is 152 Å². The second-order valence-electron chi connectivity index (χ2n) is 6.38. The standard InChI is InChI=1S/C21H22N2OS/c1-14(2)17-9-11-18(12-10-17)21-23-15(3)19(25-21)20(24)22-13-16-7-5-4-6-8-16/h4-12,14H,13H2,1-3H3,(H,22,24). The fourth-order valence-electron chi connectivity index (χ4n) is 2.60. The number of hydrogen-bond donors (Lipinski definition) is 1. The van der Waals surface area contributed by atoms with Crippen molar-refractivity contribution in [1.82, 2.24) is 10.3 Å². The van der Waals surface area contributed by atoms with Crippen molar-refractivity contribution in [3.63, 3.8) is 0 Å². The van der Waals surface area contributed by atoms with Crippen LogP contribution in [0, 0.1) is 6.92 Å². The van der Waals surface area contributed by atoms with E-state index >= 15 is 0 Å². The normalized spacial score (nSPS) is 10.9. The zero-order chi connectivity index (χ0) is 17.8. The molecular weight excluding hydrogens is 328 g/mol. The third kappa shape index (κ3) is 4.15. The van der Waals surface area contributed by atoms with Crippen LogP contribution in [-0.2, 0) is 6.54 Å². The van der Waals surface area contributed by atoms with Gasteiger partial charge in [-0.05, 0) is 24.0 Å². The number of aryl methyl sites for hydroxylation is 1. The first-order valence-electron chi connectivity index (χ1n) is 8.44. The number of benzene rings is 2. The number of carbonyl (C=O) groups is 1. The van der Waals surface area contributed by atoms with Crippen LogP contribution in [0.5, 0.6) is 0 Å². The molecule has 0 spiro atoms. The Morgan fingerprint density at radius 3 is 2.40 bits per heavy atom. The van der Waals surface area contributed by atoms with Crippen molar-refractivity contribution in [2.45, 2.75) is 33.2 Å². The van der Waals surface area contributed by atoms with Gasteiger partial charge >= 0.3 is 0 Å². The number of carbonyl (C=O) groups excluding carboxylic acids is 1. The molecule has 3 aromatic rings. The minimum Gasteiger partial charge on any atom is -0.347 e. The van der Waals surface area contributed by atoms with E-state index in [1.807, 2.05) is 37.3 Å². The van der Waals surface area contributed by atoms with Crippen LogP contribution >= 0.6 is 11.3 Å². The van der Waals surface area contributed by atoms with Gasteiger partial charge in [-0.15, -0.1) is 11.3 Å². The minimum absolute atomic E-state index is 0.0658. The molecule has 0 aliphatic rings. The highest BCUT2D eigenvalue weighted by Crippen LogP contribution is 2.29. The highest BCUT2D eigenvalue weighted by Gasteiger charge is 2.16. The number of thiazole rings is 1. The lowest BCUT2D eigenvalue weighted by molar-refractivity contribution is 0.0954. The number of hydrogen-bond acceptors (Lipinski definition) is 3. The summed E-state index contributed by atoms with van der Waals surface area (Å²) in [4.78, 5) is 17.8. The summed E-state index contributed by atoms with van der Waals surface area (Å²) in [6, 6.07) is 18.3. The van der Waals surface area contributed by atoms with Crippen LogP contribution in [0.4, 0.5) is 0 Å². The topological polar surface area (TPSA) is 42.0 Å². The summed E-state index contributed by atoms with van der Waals surface area (Å²) in [5.74, 6) is 0.440. The summed E-state index contributed by atoms with van der Waals surface area (Å²) in [6.45, 7) is 6.77. The molecule has 2 aromatic carbocycles. The first kappa shape index (κ1) is 17.4. The van der Waals surface area contributed by atoms with Gasteiger partial charge in [0.1, 0.15) is 9.88 Å². The molecule has 0 saturated heterocycles. The molecule has 0 bridgehead atoms. The van der Waals surface area contributed by atoms with E-state index in [0.29, 0.717) is 17.3 Å². The molecule has 0 aliphatic carbocycles. The number of amides is 1. The molecule has 0 atom stereocenters. The third-order valence-electron chi connectivity index (χ3n) is 4.12. The Morgan fingerprint density at radius 1 is 1.08 bits per heavy atom. The highest BCUT2D eigenvalue weighted by molar-refractivity contribution is 7.17. The predicted octanol–water partition coefficient (Wildman–Crippen LogP) is 5.17. The Kier molecular flexibility index (Phi) is 5.29. The minimum atomic E-state index is -0.0658. The summed E-state index contributed by atoms with van der Waals surface area (Å²) < 4.78 is 0. The van der Waals surface area contributed by atoms with Crippen molar-refractivity contribution in [2.75, 3.05) is 0 Å². The van der Waals surface area contributed by atoms with Gasteiger partial charge in [0.2, 0.25) is 0 Å². The lowest BCUT2D eigenvalue weighted by Crippen LogP contribution is -2.22. The molecule has 1 amide bonds. The molecule has 25 heavy (non-hydrogen) atoms. The Bertz CT molecular complexity index is 851. The summed E-state index contributed by atoms with van der Waals surface area (Å²) in [7, 11) is 0. The Hall–Kier alpha value is -2.46. The predicted molar refractivity (Wildman–Crippen MR) is 104 cm³/mol. The molecule has 0 fully saturated rings. The van der Waals surface area contributed by atoms with Crippen molar-refractivity contribution in [3.8, 4) is 10.6 Å². The van der Waals surface area contributed by atoms with Gasteiger partial charge in [0.25, 0.3) is 5.91 Å². The smallest absolute Gasteiger partial charge is 0.263 e. The van der Waals surface area contributed by atoms with E-state index in [9.17, 15) is 4.79 Å². The number of nitrogens with one attached hydrogen (secondary N) is 1. The van der Waals surface area contributed by atoms with E-state index in [4.69, 9.17) is 0 Å². The maximum atomic E-state index is 12.5. The lowest BCUT2D eigenvalue weighted by atomic mass is 10.0. The molecular formula is C21H22N2OS. The van der Waals surface area contributed by atoms with E-state index in [-0.39, 0.29) is 5.91 Å². The van der Waals surface area contributed by atoms with Crippen LogP contribution in [0.2, 0.25) is 0 Å². The molecule has 1 N–H and O–H groups in total. The fraction of sp³-hybridized carbons (Fsp3) is 0.238. The van der Waals surface area contributed by atoms with Crippen molar-refractivity contribution >= 4 is 17.2 Å². The Morgan fingerprint density at radius 2 is 1.76 bits per heavy atom. The average Bonchev–Trinajstić information content (AvgIpc) is 3.02. The zero-order valence-corrected chi connectivity index (χ0v) is 15.6. The molecule has 0 aliphatic heterocycles. The SMILES string of the molecule is Cc1nc(-c2ccc(C(C)C)cc2)sc1C(=O)NCc1ccccc1. The second-order valence-corrected chi connectivity index (χ2v) is 7.38. The van der Waals surface area contributed by atoms with Gasteiger partial charge in [0.05, 0.1) is 5.69 Å². The fourth-order valence-corrected chi connectivity index (χ4v) is 3.59. The number of nitrogens with zero attached hydrogens (tertiary/aromatic N) is 1. The van der Waals surface area contributed by atoms with Gasteiger partial charge in [-0.2, -0.15) is 0 Å². The maximum Gasteiger partial charge on any atom is 0.263 e. The monoisotopic (exact) mass is 350 g/mol. The first-order chi connectivity index (χ1) is 12.0.